The van der Waals surface area contributed by atoms with Crippen LogP contribution in [0.2, 0.25) is 0 Å². The molecule has 2 aliphatic heterocycles. The highest BCUT2D eigenvalue weighted by molar-refractivity contribution is 5.87. The summed E-state index contributed by atoms with van der Waals surface area (Å²) in [6, 6.07) is 3.98. The molecule has 1 aromatic carbocycles. The van der Waals surface area contributed by atoms with Gasteiger partial charge in [-0.25, -0.2) is 23.6 Å². The smallest absolute Gasteiger partial charge is 0.337 e. The van der Waals surface area contributed by atoms with Crippen molar-refractivity contribution in [1.82, 2.24) is 19.9 Å². The second kappa shape index (κ2) is 8.62. The zero-order chi connectivity index (χ0) is 22.0. The number of halogens is 2. The van der Waals surface area contributed by atoms with Gasteiger partial charge in [0, 0.05) is 58.0 Å². The van der Waals surface area contributed by atoms with Gasteiger partial charge in [-0.05, 0) is 23.8 Å². The van der Waals surface area contributed by atoms with Crippen LogP contribution in [0.3, 0.4) is 0 Å². The van der Waals surface area contributed by atoms with E-state index in [1.54, 1.807) is 23.4 Å². The molecule has 2 aromatic rings. The van der Waals surface area contributed by atoms with Crippen LogP contribution in [-0.2, 0) is 4.79 Å². The van der Waals surface area contributed by atoms with Gasteiger partial charge in [-0.1, -0.05) is 0 Å². The van der Waals surface area contributed by atoms with Crippen LogP contribution in [0.1, 0.15) is 24.9 Å². The van der Waals surface area contributed by atoms with Gasteiger partial charge < -0.3 is 15.1 Å². The van der Waals surface area contributed by atoms with Crippen molar-refractivity contribution in [1.29, 1.82) is 0 Å². The molecule has 9 nitrogen and oxygen atoms in total. The second-order valence-corrected chi connectivity index (χ2v) is 7.28. The number of benzene rings is 1. The molecule has 162 valence electrons. The molecule has 4 rings (SSSR count). The monoisotopic (exact) mass is 429 g/mol. The third-order valence-electron chi connectivity index (χ3n) is 5.08. The number of aromatic nitrogens is 2. The predicted octanol–water partition coefficient (Wildman–Crippen LogP) is 2.39. The van der Waals surface area contributed by atoms with Crippen LogP contribution in [0.5, 0.6) is 0 Å². The van der Waals surface area contributed by atoms with Crippen molar-refractivity contribution >= 4 is 29.9 Å². The number of nitrogens with one attached hydrogen (secondary N) is 1. The molecule has 3 amide bonds. The standard InChI is InChI=1S/C20H21F2N7O2/c1-13(30)25-18-3-4-23-19(26-18)27-6-8-28(9-7-27)20(31)29-17(2-5-24-29)14-10-15(21)12-16(22)11-14/h3-5,10-12,17H,2,6-9H2,1H3,(H,23,25,26,30)/t17-/m0/s1. The first-order valence-corrected chi connectivity index (χ1v) is 9.83. The molecule has 1 aromatic heterocycles. The van der Waals surface area contributed by atoms with E-state index in [1.165, 1.54) is 24.1 Å². The third kappa shape index (κ3) is 4.60. The minimum atomic E-state index is -0.690. The minimum absolute atomic E-state index is 0.223. The number of urea groups is 1. The maximum Gasteiger partial charge on any atom is 0.341 e. The summed E-state index contributed by atoms with van der Waals surface area (Å²) in [4.78, 5) is 36.4. The highest BCUT2D eigenvalue weighted by Crippen LogP contribution is 2.30. The molecule has 0 aliphatic carbocycles. The normalized spacial score (nSPS) is 18.4. The average Bonchev–Trinajstić information content (AvgIpc) is 3.22. The highest BCUT2D eigenvalue weighted by atomic mass is 19.1. The Kier molecular flexibility index (Phi) is 5.74. The highest BCUT2D eigenvalue weighted by Gasteiger charge is 2.33. The number of anilines is 2. The van der Waals surface area contributed by atoms with Crippen molar-refractivity contribution in [3.05, 3.63) is 47.7 Å². The maximum atomic E-state index is 13.6. The summed E-state index contributed by atoms with van der Waals surface area (Å²) in [6.45, 7) is 3.20. The molecular formula is C20H21F2N7O2. The molecule has 1 fully saturated rings. The summed E-state index contributed by atoms with van der Waals surface area (Å²) < 4.78 is 27.3. The van der Waals surface area contributed by atoms with E-state index in [2.05, 4.69) is 20.4 Å². The largest absolute Gasteiger partial charge is 0.341 e. The third-order valence-corrected chi connectivity index (χ3v) is 5.08. The molecule has 11 heteroatoms. The van der Waals surface area contributed by atoms with E-state index in [9.17, 15) is 18.4 Å². The fraction of sp³-hybridized carbons (Fsp3) is 0.350. The van der Waals surface area contributed by atoms with Gasteiger partial charge in [-0.15, -0.1) is 0 Å². The number of hydrogen-bond acceptors (Lipinski definition) is 6. The fourth-order valence-electron chi connectivity index (χ4n) is 3.64. The summed E-state index contributed by atoms with van der Waals surface area (Å²) in [6.07, 6.45) is 3.52. The Morgan fingerprint density at radius 1 is 1.10 bits per heavy atom. The van der Waals surface area contributed by atoms with Gasteiger partial charge in [-0.2, -0.15) is 10.1 Å². The van der Waals surface area contributed by atoms with Crippen LogP contribution in [0.4, 0.5) is 25.3 Å². The number of nitrogens with zero attached hydrogens (tertiary/aromatic N) is 6. The Morgan fingerprint density at radius 2 is 1.81 bits per heavy atom. The quantitative estimate of drug-likeness (QED) is 0.809. The lowest BCUT2D eigenvalue weighted by Crippen LogP contribution is -2.52. The van der Waals surface area contributed by atoms with E-state index >= 15 is 0 Å². The summed E-state index contributed by atoms with van der Waals surface area (Å²) in [5, 5.41) is 8.03. The van der Waals surface area contributed by atoms with E-state index in [1.807, 2.05) is 4.90 Å². The number of carbonyl (C=O) groups excluding carboxylic acids is 2. The Morgan fingerprint density at radius 3 is 2.48 bits per heavy atom. The maximum absolute atomic E-state index is 13.6. The number of piperazine rings is 1. The van der Waals surface area contributed by atoms with Gasteiger partial charge in [-0.3, -0.25) is 4.79 Å². The molecule has 1 atom stereocenters. The molecule has 1 saturated heterocycles. The first-order valence-electron chi connectivity index (χ1n) is 9.83. The van der Waals surface area contributed by atoms with Crippen LogP contribution >= 0.6 is 0 Å². The number of amides is 3. The molecule has 1 N–H and O–H groups in total. The van der Waals surface area contributed by atoms with Gasteiger partial charge in [0.15, 0.2) is 0 Å². The fourth-order valence-corrected chi connectivity index (χ4v) is 3.64. The summed E-state index contributed by atoms with van der Waals surface area (Å²) in [7, 11) is 0. The van der Waals surface area contributed by atoms with Crippen LogP contribution in [0.15, 0.2) is 35.6 Å². The van der Waals surface area contributed by atoms with Crippen molar-refractivity contribution in [2.24, 2.45) is 5.10 Å². The lowest BCUT2D eigenvalue weighted by atomic mass is 10.0. The molecule has 0 saturated carbocycles. The van der Waals surface area contributed by atoms with E-state index in [-0.39, 0.29) is 11.9 Å². The van der Waals surface area contributed by atoms with Crippen LogP contribution in [0, 0.1) is 11.6 Å². The summed E-state index contributed by atoms with van der Waals surface area (Å²) >= 11 is 0. The van der Waals surface area contributed by atoms with Crippen molar-refractivity contribution < 1.29 is 18.4 Å². The summed E-state index contributed by atoms with van der Waals surface area (Å²) in [5.74, 6) is -0.731. The van der Waals surface area contributed by atoms with E-state index in [4.69, 9.17) is 0 Å². The van der Waals surface area contributed by atoms with Crippen LogP contribution < -0.4 is 10.2 Å². The van der Waals surface area contributed by atoms with Crippen LogP contribution in [-0.4, -0.2) is 64.2 Å². The Labute approximate surface area is 177 Å². The molecule has 0 unspecified atom stereocenters. The average molecular weight is 429 g/mol. The number of rotatable bonds is 3. The van der Waals surface area contributed by atoms with E-state index in [0.29, 0.717) is 49.9 Å². The molecular weight excluding hydrogens is 408 g/mol. The number of carbonyl (C=O) groups is 2. The molecule has 3 heterocycles. The second-order valence-electron chi connectivity index (χ2n) is 7.28. The lowest BCUT2D eigenvalue weighted by molar-refractivity contribution is -0.114. The van der Waals surface area contributed by atoms with Gasteiger partial charge in [0.2, 0.25) is 11.9 Å². The van der Waals surface area contributed by atoms with Crippen molar-refractivity contribution in [2.45, 2.75) is 19.4 Å². The molecule has 0 radical (unpaired) electrons. The zero-order valence-corrected chi connectivity index (χ0v) is 16.8. The van der Waals surface area contributed by atoms with Crippen molar-refractivity contribution in [3.63, 3.8) is 0 Å². The molecule has 2 aliphatic rings. The lowest BCUT2D eigenvalue weighted by Gasteiger charge is -2.37. The zero-order valence-electron chi connectivity index (χ0n) is 16.8. The predicted molar refractivity (Wildman–Crippen MR) is 110 cm³/mol. The Hall–Kier alpha value is -3.63. The number of hydrazone groups is 1. The molecule has 0 spiro atoms. The van der Waals surface area contributed by atoms with Gasteiger partial charge in [0.25, 0.3) is 0 Å². The van der Waals surface area contributed by atoms with Crippen molar-refractivity contribution in [2.75, 3.05) is 36.4 Å². The number of hydrogen-bond donors (Lipinski definition) is 1. The Bertz CT molecular complexity index is 1000. The van der Waals surface area contributed by atoms with Gasteiger partial charge >= 0.3 is 6.03 Å². The minimum Gasteiger partial charge on any atom is -0.337 e. The topological polar surface area (TPSA) is 94.0 Å². The SMILES string of the molecule is CC(=O)Nc1ccnc(N2CCN(C(=O)N3N=CC[C@H]3c3cc(F)cc(F)c3)CC2)n1. The van der Waals surface area contributed by atoms with Gasteiger partial charge in [0.05, 0.1) is 6.04 Å². The summed E-state index contributed by atoms with van der Waals surface area (Å²) in [5.41, 5.74) is 0.366. The van der Waals surface area contributed by atoms with E-state index < -0.39 is 17.7 Å². The van der Waals surface area contributed by atoms with Gasteiger partial charge in [0.1, 0.15) is 17.5 Å². The molecule has 31 heavy (non-hydrogen) atoms. The first-order chi connectivity index (χ1) is 14.9. The van der Waals surface area contributed by atoms with E-state index in [0.717, 1.165) is 6.07 Å². The van der Waals surface area contributed by atoms with Crippen molar-refractivity contribution in [3.8, 4) is 0 Å². The Balaban J connectivity index is 1.41. The molecule has 0 bridgehead atoms. The first kappa shape index (κ1) is 20.6. The van der Waals surface area contributed by atoms with Crippen LogP contribution in [0.25, 0.3) is 0 Å².